The van der Waals surface area contributed by atoms with Gasteiger partial charge in [0.15, 0.2) is 5.17 Å². The fraction of sp³-hybridized carbons (Fsp3) is 0.167. The quantitative estimate of drug-likeness (QED) is 0.750. The third-order valence-corrected chi connectivity index (χ3v) is 3.28. The van der Waals surface area contributed by atoms with Crippen molar-refractivity contribution in [1.29, 1.82) is 0 Å². The lowest BCUT2D eigenvalue weighted by atomic mass is 10.2. The van der Waals surface area contributed by atoms with E-state index in [0.29, 0.717) is 5.17 Å². The van der Waals surface area contributed by atoms with Crippen LogP contribution >= 0.6 is 11.8 Å². The zero-order chi connectivity index (χ0) is 12.3. The maximum atomic E-state index is 11.1. The molecule has 0 spiro atoms. The highest BCUT2D eigenvalue weighted by molar-refractivity contribution is 8.14. The summed E-state index contributed by atoms with van der Waals surface area (Å²) in [5, 5.41) is 0.471. The molecule has 0 aliphatic carbocycles. The number of aliphatic imine (C=N–C) groups is 2. The van der Waals surface area contributed by atoms with Crippen molar-refractivity contribution in [3.8, 4) is 0 Å². The molecule has 1 aromatic rings. The predicted octanol–water partition coefficient (Wildman–Crippen LogP) is 2.02. The Hall–Kier alpha value is -1.75. The molecule has 2 rings (SSSR count). The molecule has 5 heteroatoms. The van der Waals surface area contributed by atoms with Crippen LogP contribution in [0.3, 0.4) is 0 Å². The Morgan fingerprint density at radius 3 is 2.53 bits per heavy atom. The van der Waals surface area contributed by atoms with Crippen LogP contribution in [0.2, 0.25) is 0 Å². The van der Waals surface area contributed by atoms with E-state index in [9.17, 15) is 9.59 Å². The van der Waals surface area contributed by atoms with Crippen LogP contribution in [0.15, 0.2) is 40.3 Å². The minimum absolute atomic E-state index is 0.133. The van der Waals surface area contributed by atoms with Crippen LogP contribution in [0.25, 0.3) is 0 Å². The van der Waals surface area contributed by atoms with Crippen molar-refractivity contribution in [3.63, 3.8) is 0 Å². The number of hydrogen-bond acceptors (Lipinski definition) is 4. The normalized spacial score (nSPS) is 16.9. The maximum Gasteiger partial charge on any atom is 0.321 e. The first-order valence-electron chi connectivity index (χ1n) is 5.09. The lowest BCUT2D eigenvalue weighted by molar-refractivity contribution is -0.131. The van der Waals surface area contributed by atoms with Crippen LogP contribution in [0.1, 0.15) is 17.7 Å². The second kappa shape index (κ2) is 5.05. The Morgan fingerprint density at radius 1 is 1.18 bits per heavy atom. The van der Waals surface area contributed by atoms with Gasteiger partial charge in [-0.1, -0.05) is 42.1 Å². The van der Waals surface area contributed by atoms with Gasteiger partial charge in [0.25, 0.3) is 5.78 Å². The molecule has 1 aliphatic rings. The van der Waals surface area contributed by atoms with Crippen molar-refractivity contribution in [1.82, 2.24) is 0 Å². The monoisotopic (exact) mass is 246 g/mol. The Labute approximate surface area is 103 Å². The molecule has 4 nitrogen and oxygen atoms in total. The molecule has 0 N–H and O–H groups in total. The van der Waals surface area contributed by atoms with E-state index in [1.807, 2.05) is 37.3 Å². The molecule has 0 saturated heterocycles. The number of hydrogen-bond donors (Lipinski definition) is 0. The Morgan fingerprint density at radius 2 is 1.88 bits per heavy atom. The van der Waals surface area contributed by atoms with Crippen molar-refractivity contribution < 1.29 is 9.59 Å². The summed E-state index contributed by atoms with van der Waals surface area (Å²) in [4.78, 5) is 29.4. The number of carbonyl (C=O) groups excluding carboxylic acids is 2. The third-order valence-electron chi connectivity index (χ3n) is 2.25. The van der Waals surface area contributed by atoms with Crippen LogP contribution in [0.5, 0.6) is 0 Å². The highest BCUT2D eigenvalue weighted by Gasteiger charge is 2.18. The fourth-order valence-corrected chi connectivity index (χ4v) is 2.21. The van der Waals surface area contributed by atoms with E-state index < -0.39 is 11.7 Å². The molecule has 0 fully saturated rings. The van der Waals surface area contributed by atoms with Gasteiger partial charge in [0, 0.05) is 5.25 Å². The summed E-state index contributed by atoms with van der Waals surface area (Å²) in [6.07, 6.45) is 1.02. The van der Waals surface area contributed by atoms with Crippen LogP contribution in [0.4, 0.5) is 0 Å². The number of amidine groups is 1. The smallest absolute Gasteiger partial charge is 0.282 e. The van der Waals surface area contributed by atoms with Gasteiger partial charge in [-0.25, -0.2) is 4.99 Å². The summed E-state index contributed by atoms with van der Waals surface area (Å²) in [6.45, 7) is 2.00. The lowest BCUT2D eigenvalue weighted by Gasteiger charge is -2.11. The van der Waals surface area contributed by atoms with Crippen molar-refractivity contribution in [2.75, 3.05) is 0 Å². The molecule has 17 heavy (non-hydrogen) atoms. The number of thioether (sulfide) groups is 1. The van der Waals surface area contributed by atoms with Gasteiger partial charge in [-0.2, -0.15) is 4.99 Å². The van der Waals surface area contributed by atoms with Gasteiger partial charge in [0.2, 0.25) is 0 Å². The molecule has 1 aliphatic heterocycles. The first kappa shape index (κ1) is 11.7. The number of rotatable bonds is 2. The number of nitrogens with zero attached hydrogens (tertiary/aromatic N) is 2. The van der Waals surface area contributed by atoms with Gasteiger partial charge in [-0.05, 0) is 12.5 Å². The largest absolute Gasteiger partial charge is 0.321 e. The van der Waals surface area contributed by atoms with Crippen LogP contribution in [-0.4, -0.2) is 23.1 Å². The molecule has 0 radical (unpaired) electrons. The molecular formula is C12H10N2O2S. The van der Waals surface area contributed by atoms with Gasteiger partial charge >= 0.3 is 5.91 Å². The molecule has 1 amide bonds. The molecule has 1 aromatic carbocycles. The van der Waals surface area contributed by atoms with Crippen molar-refractivity contribution in [2.45, 2.75) is 12.2 Å². The van der Waals surface area contributed by atoms with E-state index in [2.05, 4.69) is 9.98 Å². The highest BCUT2D eigenvalue weighted by Crippen LogP contribution is 2.29. The van der Waals surface area contributed by atoms with E-state index in [1.54, 1.807) is 0 Å². The minimum Gasteiger partial charge on any atom is -0.282 e. The number of amides is 1. The van der Waals surface area contributed by atoms with E-state index >= 15 is 0 Å². The molecule has 1 atom stereocenters. The molecule has 0 saturated carbocycles. The van der Waals surface area contributed by atoms with Crippen molar-refractivity contribution in [3.05, 3.63) is 35.9 Å². The summed E-state index contributed by atoms with van der Waals surface area (Å²) < 4.78 is 0. The van der Waals surface area contributed by atoms with Crippen molar-refractivity contribution in [2.24, 2.45) is 9.98 Å². The van der Waals surface area contributed by atoms with Crippen LogP contribution in [0, 0.1) is 0 Å². The van der Waals surface area contributed by atoms with E-state index in [1.165, 1.54) is 11.8 Å². The Kier molecular flexibility index (Phi) is 3.49. The zero-order valence-corrected chi connectivity index (χ0v) is 9.98. The van der Waals surface area contributed by atoms with Gasteiger partial charge in [-0.15, -0.1) is 0 Å². The summed E-state index contributed by atoms with van der Waals surface area (Å²) in [5.41, 5.74) is 1.12. The number of carbonyl (C=O) groups is 2. The van der Waals surface area contributed by atoms with Gasteiger partial charge < -0.3 is 0 Å². The standard InChI is InChI=1S/C12H10N2O2S/c1-8(9-5-3-2-4-6-9)17-12-13-7-10(15)11(16)14-12/h2-8H,1H3. The molecule has 1 heterocycles. The van der Waals surface area contributed by atoms with Gasteiger partial charge in [0.1, 0.15) is 0 Å². The average molecular weight is 246 g/mol. The summed E-state index contributed by atoms with van der Waals surface area (Å²) in [6, 6.07) is 9.84. The summed E-state index contributed by atoms with van der Waals surface area (Å²) in [5.74, 6) is -1.41. The first-order valence-corrected chi connectivity index (χ1v) is 5.97. The van der Waals surface area contributed by atoms with E-state index in [-0.39, 0.29) is 5.25 Å². The second-order valence-corrected chi connectivity index (χ2v) is 4.80. The molecular weight excluding hydrogens is 236 g/mol. The number of ketones is 1. The van der Waals surface area contributed by atoms with E-state index in [4.69, 9.17) is 0 Å². The Bertz CT molecular complexity index is 508. The zero-order valence-electron chi connectivity index (χ0n) is 9.16. The Balaban J connectivity index is 2.08. The van der Waals surface area contributed by atoms with E-state index in [0.717, 1.165) is 11.8 Å². The second-order valence-electron chi connectivity index (χ2n) is 3.49. The van der Waals surface area contributed by atoms with Gasteiger partial charge in [0.05, 0.1) is 6.21 Å². The topological polar surface area (TPSA) is 58.9 Å². The van der Waals surface area contributed by atoms with Crippen molar-refractivity contribution >= 4 is 34.8 Å². The summed E-state index contributed by atoms with van der Waals surface area (Å²) >= 11 is 1.36. The van der Waals surface area contributed by atoms with Gasteiger partial charge in [-0.3, -0.25) is 9.59 Å². The first-order chi connectivity index (χ1) is 8.16. The summed E-state index contributed by atoms with van der Waals surface area (Å²) in [7, 11) is 0. The average Bonchev–Trinajstić information content (AvgIpc) is 2.35. The molecule has 0 aromatic heterocycles. The SMILES string of the molecule is CC(SC1=NC(=O)C(=O)C=N1)c1ccccc1. The fourth-order valence-electron chi connectivity index (χ4n) is 1.35. The molecule has 86 valence electrons. The molecule has 1 unspecified atom stereocenters. The maximum absolute atomic E-state index is 11.1. The number of Topliss-reactive ketones (excluding diaryl/α,β-unsaturated/α-hetero) is 1. The highest BCUT2D eigenvalue weighted by atomic mass is 32.2. The predicted molar refractivity (Wildman–Crippen MR) is 68.4 cm³/mol. The lowest BCUT2D eigenvalue weighted by Crippen LogP contribution is -2.18. The molecule has 0 bridgehead atoms. The third kappa shape index (κ3) is 2.88. The van der Waals surface area contributed by atoms with Crippen LogP contribution < -0.4 is 0 Å². The number of benzene rings is 1. The van der Waals surface area contributed by atoms with Crippen LogP contribution in [-0.2, 0) is 9.59 Å². The minimum atomic E-state index is -0.747.